The molecule has 0 saturated carbocycles. The molecule has 0 saturated heterocycles. The Labute approximate surface area is 126 Å². The molecule has 0 aromatic carbocycles. The molecule has 0 atom stereocenters. The molecule has 5 heteroatoms. The maximum atomic E-state index is 5.88. The second kappa shape index (κ2) is 7.03. The van der Waals surface area contributed by atoms with Crippen LogP contribution in [0.5, 0.6) is 5.75 Å². The molecule has 102 valence electrons. The number of nitrogens with one attached hydrogen (secondary N) is 1. The summed E-state index contributed by atoms with van der Waals surface area (Å²) in [6, 6.07) is 8.09. The number of hydrogen-bond donors (Lipinski definition) is 1. The predicted octanol–water partition coefficient (Wildman–Crippen LogP) is 3.90. The smallest absolute Gasteiger partial charge is 0.142 e. The van der Waals surface area contributed by atoms with E-state index in [1.54, 1.807) is 11.3 Å². The second-order valence-electron chi connectivity index (χ2n) is 4.17. The number of hydrogen-bond acceptors (Lipinski definition) is 4. The van der Waals surface area contributed by atoms with Crippen molar-refractivity contribution in [2.75, 3.05) is 6.54 Å². The maximum Gasteiger partial charge on any atom is 0.142 e. The van der Waals surface area contributed by atoms with Gasteiger partial charge in [0.05, 0.1) is 9.48 Å². The van der Waals surface area contributed by atoms with Crippen molar-refractivity contribution in [3.8, 4) is 5.75 Å². The highest BCUT2D eigenvalue weighted by Gasteiger charge is 2.07. The Balaban J connectivity index is 2.05. The first-order valence-electron chi connectivity index (χ1n) is 6.23. The summed E-state index contributed by atoms with van der Waals surface area (Å²) in [5.74, 6) is 0.857. The molecule has 0 aliphatic heterocycles. The van der Waals surface area contributed by atoms with Crippen LogP contribution >= 0.6 is 27.3 Å². The Bertz CT molecular complexity index is 542. The minimum atomic E-state index is 0.583. The number of nitrogens with zero attached hydrogens (tertiary/aromatic N) is 1. The van der Waals surface area contributed by atoms with E-state index in [0.717, 1.165) is 34.0 Å². The van der Waals surface area contributed by atoms with Crippen LogP contribution in [0.3, 0.4) is 0 Å². The summed E-state index contributed by atoms with van der Waals surface area (Å²) in [7, 11) is 0. The molecule has 0 fully saturated rings. The molecule has 0 spiro atoms. The van der Waals surface area contributed by atoms with Gasteiger partial charge in [0.25, 0.3) is 0 Å². The summed E-state index contributed by atoms with van der Waals surface area (Å²) in [5.41, 5.74) is 1.98. The molecule has 19 heavy (non-hydrogen) atoms. The number of rotatable bonds is 6. The van der Waals surface area contributed by atoms with Gasteiger partial charge in [-0.2, -0.15) is 0 Å². The molecule has 2 aromatic heterocycles. The van der Waals surface area contributed by atoms with Gasteiger partial charge in [0.15, 0.2) is 0 Å². The van der Waals surface area contributed by atoms with Gasteiger partial charge in [0.1, 0.15) is 12.4 Å². The van der Waals surface area contributed by atoms with Crippen molar-refractivity contribution >= 4 is 27.3 Å². The van der Waals surface area contributed by atoms with E-state index in [0.29, 0.717) is 6.61 Å². The standard InChI is InChI=1S/C14H17BrN2OS/c1-3-16-8-12-13(6-4-10(2)17-12)18-9-11-5-7-14(15)19-11/h4-7,16H,3,8-9H2,1-2H3. The summed E-state index contributed by atoms with van der Waals surface area (Å²) in [6.07, 6.45) is 0. The molecule has 0 amide bonds. The van der Waals surface area contributed by atoms with Gasteiger partial charge in [-0.25, -0.2) is 0 Å². The minimum Gasteiger partial charge on any atom is -0.486 e. The number of aromatic nitrogens is 1. The number of aryl methyl sites for hydroxylation is 1. The van der Waals surface area contributed by atoms with Crippen LogP contribution in [-0.2, 0) is 13.2 Å². The van der Waals surface area contributed by atoms with Crippen molar-refractivity contribution in [1.82, 2.24) is 10.3 Å². The molecule has 0 radical (unpaired) electrons. The normalized spacial score (nSPS) is 10.7. The molecule has 1 N–H and O–H groups in total. The van der Waals surface area contributed by atoms with Gasteiger partial charge in [0.2, 0.25) is 0 Å². The van der Waals surface area contributed by atoms with Gasteiger partial charge >= 0.3 is 0 Å². The maximum absolute atomic E-state index is 5.88. The fourth-order valence-electron chi connectivity index (χ4n) is 1.68. The van der Waals surface area contributed by atoms with Crippen LogP contribution in [0, 0.1) is 6.92 Å². The van der Waals surface area contributed by atoms with Gasteiger partial charge in [0, 0.05) is 17.1 Å². The van der Waals surface area contributed by atoms with Crippen LogP contribution in [0.15, 0.2) is 28.1 Å². The third kappa shape index (κ3) is 4.30. The lowest BCUT2D eigenvalue weighted by molar-refractivity contribution is 0.303. The Morgan fingerprint density at radius 2 is 2.16 bits per heavy atom. The number of thiophene rings is 1. The third-order valence-corrected chi connectivity index (χ3v) is 4.21. The fourth-order valence-corrected chi connectivity index (χ4v) is 3.07. The third-order valence-electron chi connectivity index (χ3n) is 2.61. The van der Waals surface area contributed by atoms with Crippen LogP contribution in [0.2, 0.25) is 0 Å². The molecule has 2 rings (SSSR count). The molecule has 0 unspecified atom stereocenters. The SMILES string of the molecule is CCNCc1nc(C)ccc1OCc1ccc(Br)s1. The predicted molar refractivity (Wildman–Crippen MR) is 82.7 cm³/mol. The quantitative estimate of drug-likeness (QED) is 0.865. The van der Waals surface area contributed by atoms with Crippen LogP contribution < -0.4 is 10.1 Å². The Morgan fingerprint density at radius 3 is 2.84 bits per heavy atom. The molecule has 0 aliphatic carbocycles. The number of halogens is 1. The largest absolute Gasteiger partial charge is 0.486 e. The van der Waals surface area contributed by atoms with E-state index in [1.807, 2.05) is 25.1 Å². The number of ether oxygens (including phenoxy) is 1. The highest BCUT2D eigenvalue weighted by Crippen LogP contribution is 2.24. The molecule has 0 bridgehead atoms. The lowest BCUT2D eigenvalue weighted by Gasteiger charge is -2.11. The van der Waals surface area contributed by atoms with E-state index in [1.165, 1.54) is 4.88 Å². The van der Waals surface area contributed by atoms with Crippen molar-refractivity contribution < 1.29 is 4.74 Å². The summed E-state index contributed by atoms with van der Waals surface area (Å²) in [6.45, 7) is 6.32. The first-order valence-corrected chi connectivity index (χ1v) is 7.84. The van der Waals surface area contributed by atoms with Gasteiger partial charge in [-0.1, -0.05) is 6.92 Å². The lowest BCUT2D eigenvalue weighted by atomic mass is 10.3. The van der Waals surface area contributed by atoms with Gasteiger partial charge in [-0.15, -0.1) is 11.3 Å². The van der Waals surface area contributed by atoms with Gasteiger partial charge in [-0.3, -0.25) is 4.98 Å². The topological polar surface area (TPSA) is 34.2 Å². The van der Waals surface area contributed by atoms with Crippen molar-refractivity contribution in [2.24, 2.45) is 0 Å². The summed E-state index contributed by atoms with van der Waals surface area (Å²) in [4.78, 5) is 5.73. The van der Waals surface area contributed by atoms with Crippen LogP contribution in [0.25, 0.3) is 0 Å². The Morgan fingerprint density at radius 1 is 1.32 bits per heavy atom. The average Bonchev–Trinajstić information content (AvgIpc) is 2.81. The fraction of sp³-hybridized carbons (Fsp3) is 0.357. The van der Waals surface area contributed by atoms with Crippen LogP contribution in [-0.4, -0.2) is 11.5 Å². The van der Waals surface area contributed by atoms with Gasteiger partial charge < -0.3 is 10.1 Å². The van der Waals surface area contributed by atoms with E-state index >= 15 is 0 Å². The minimum absolute atomic E-state index is 0.583. The average molecular weight is 341 g/mol. The monoisotopic (exact) mass is 340 g/mol. The highest BCUT2D eigenvalue weighted by molar-refractivity contribution is 9.11. The van der Waals surface area contributed by atoms with E-state index in [9.17, 15) is 0 Å². The summed E-state index contributed by atoms with van der Waals surface area (Å²) < 4.78 is 7.00. The summed E-state index contributed by atoms with van der Waals surface area (Å²) in [5, 5.41) is 3.29. The summed E-state index contributed by atoms with van der Waals surface area (Å²) >= 11 is 5.15. The Hall–Kier alpha value is -0.910. The molecule has 3 nitrogen and oxygen atoms in total. The van der Waals surface area contributed by atoms with Crippen molar-refractivity contribution in [3.05, 3.63) is 44.3 Å². The van der Waals surface area contributed by atoms with E-state index in [2.05, 4.69) is 39.2 Å². The molecular formula is C14H17BrN2OS. The van der Waals surface area contributed by atoms with Crippen molar-refractivity contribution in [2.45, 2.75) is 27.0 Å². The van der Waals surface area contributed by atoms with Crippen molar-refractivity contribution in [3.63, 3.8) is 0 Å². The van der Waals surface area contributed by atoms with E-state index < -0.39 is 0 Å². The zero-order valence-corrected chi connectivity index (χ0v) is 13.5. The van der Waals surface area contributed by atoms with Gasteiger partial charge in [-0.05, 0) is 53.7 Å². The molecule has 2 aromatic rings. The molecule has 0 aliphatic rings. The Kier molecular flexibility index (Phi) is 5.36. The van der Waals surface area contributed by atoms with Crippen LogP contribution in [0.1, 0.15) is 23.2 Å². The van der Waals surface area contributed by atoms with E-state index in [4.69, 9.17) is 4.74 Å². The first-order chi connectivity index (χ1) is 9.19. The van der Waals surface area contributed by atoms with Crippen LogP contribution in [0.4, 0.5) is 0 Å². The first kappa shape index (κ1) is 14.5. The van der Waals surface area contributed by atoms with E-state index in [-0.39, 0.29) is 0 Å². The van der Waals surface area contributed by atoms with Crippen molar-refractivity contribution in [1.29, 1.82) is 0 Å². The number of pyridine rings is 1. The lowest BCUT2D eigenvalue weighted by Crippen LogP contribution is -2.14. The molecule has 2 heterocycles. The second-order valence-corrected chi connectivity index (χ2v) is 6.72. The highest BCUT2D eigenvalue weighted by atomic mass is 79.9. The zero-order valence-electron chi connectivity index (χ0n) is 11.1. The molecular weight excluding hydrogens is 324 g/mol. The zero-order chi connectivity index (χ0) is 13.7.